The molecule has 0 unspecified atom stereocenters. The average Bonchev–Trinajstić information content (AvgIpc) is 3.65. The molecule has 4 aromatic carbocycles. The Kier molecular flexibility index (Phi) is 9.08. The first-order valence-electron chi connectivity index (χ1n) is 17.0. The first-order valence-corrected chi connectivity index (χ1v) is 17.8. The summed E-state index contributed by atoms with van der Waals surface area (Å²) in [5, 5.41) is 0. The highest BCUT2D eigenvalue weighted by molar-refractivity contribution is 7.07. The van der Waals surface area contributed by atoms with Gasteiger partial charge in [0.05, 0.1) is 39.8 Å². The van der Waals surface area contributed by atoms with Crippen LogP contribution in [0.5, 0.6) is 0 Å². The van der Waals surface area contributed by atoms with Gasteiger partial charge in [-0.3, -0.25) is 9.36 Å². The fourth-order valence-corrected chi connectivity index (χ4v) is 7.66. The maximum Gasteiger partial charge on any atom is 0.338 e. The van der Waals surface area contributed by atoms with Crippen LogP contribution < -0.4 is 14.9 Å². The molecule has 0 bridgehead atoms. The molecule has 2 aromatic heterocycles. The molecule has 7 heteroatoms. The summed E-state index contributed by atoms with van der Waals surface area (Å²) in [5.41, 5.74) is 9.92. The number of nitrogens with zero attached hydrogens (tertiary/aromatic N) is 3. The first kappa shape index (κ1) is 33.0. The number of thiazole rings is 1. The number of esters is 1. The van der Waals surface area contributed by atoms with Gasteiger partial charge >= 0.3 is 5.97 Å². The monoisotopic (exact) mass is 677 g/mol. The summed E-state index contributed by atoms with van der Waals surface area (Å²) < 4.78 is 9.98. The van der Waals surface area contributed by atoms with Crippen molar-refractivity contribution in [2.24, 2.45) is 4.99 Å². The number of rotatable bonds is 8. The summed E-state index contributed by atoms with van der Waals surface area (Å²) in [5.74, 6) is -0.116. The number of carbonyl (C=O) groups is 1. The number of aryl methyl sites for hydroxylation is 1. The highest BCUT2D eigenvalue weighted by atomic mass is 32.1. The van der Waals surface area contributed by atoms with Crippen LogP contribution >= 0.6 is 11.3 Å². The number of fused-ring (bicyclic) bond motifs is 1. The molecule has 0 spiro atoms. The third kappa shape index (κ3) is 6.09. The molecule has 6 nitrogen and oxygen atoms in total. The van der Waals surface area contributed by atoms with E-state index in [1.807, 2.05) is 61.5 Å². The van der Waals surface area contributed by atoms with Crippen molar-refractivity contribution in [1.29, 1.82) is 0 Å². The molecule has 250 valence electrons. The number of hydrogen-bond donors (Lipinski definition) is 0. The topological polar surface area (TPSA) is 65.6 Å². The minimum absolute atomic E-state index is 0.204. The molecule has 0 saturated heterocycles. The van der Waals surface area contributed by atoms with Crippen LogP contribution in [0.4, 0.5) is 0 Å². The molecule has 1 atom stereocenters. The number of hydrogen-bond acceptors (Lipinski definition) is 5. The van der Waals surface area contributed by atoms with Crippen LogP contribution in [0.15, 0.2) is 136 Å². The van der Waals surface area contributed by atoms with Gasteiger partial charge in [-0.1, -0.05) is 128 Å². The van der Waals surface area contributed by atoms with E-state index in [2.05, 4.69) is 92.1 Å². The van der Waals surface area contributed by atoms with Crippen LogP contribution in [0.25, 0.3) is 34.3 Å². The molecule has 0 aliphatic carbocycles. The minimum Gasteiger partial charge on any atom is -0.463 e. The lowest BCUT2D eigenvalue weighted by Gasteiger charge is -2.25. The van der Waals surface area contributed by atoms with Crippen LogP contribution in [-0.2, 0) is 9.53 Å². The SMILES string of the molecule is CCOC(=O)C1=C(C)N=c2s/c(=C\c3cc(-c4ccccc4)n(-c4ccc(C)cc4)c3-c3ccccc3)c(=O)n2[C@H]1c1ccc(C(C)C)cc1. The molecular formula is C43H39N3O3S. The second-order valence-electron chi connectivity index (χ2n) is 12.9. The Hall–Kier alpha value is -5.53. The second-order valence-corrected chi connectivity index (χ2v) is 13.9. The summed E-state index contributed by atoms with van der Waals surface area (Å²) in [6.45, 7) is 10.2. The van der Waals surface area contributed by atoms with E-state index in [0.717, 1.165) is 39.3 Å². The summed E-state index contributed by atoms with van der Waals surface area (Å²) in [7, 11) is 0. The van der Waals surface area contributed by atoms with Gasteiger partial charge < -0.3 is 9.30 Å². The fraction of sp³-hybridized carbons (Fsp3) is 0.186. The van der Waals surface area contributed by atoms with Gasteiger partial charge in [-0.2, -0.15) is 0 Å². The number of ether oxygens (including phenoxy) is 1. The van der Waals surface area contributed by atoms with Gasteiger partial charge in [0, 0.05) is 11.3 Å². The Balaban J connectivity index is 1.49. The highest BCUT2D eigenvalue weighted by Crippen LogP contribution is 2.37. The van der Waals surface area contributed by atoms with Gasteiger partial charge in [0.2, 0.25) is 0 Å². The Morgan fingerprint density at radius 1 is 0.880 bits per heavy atom. The smallest absolute Gasteiger partial charge is 0.338 e. The van der Waals surface area contributed by atoms with Gasteiger partial charge in [0.25, 0.3) is 5.56 Å². The van der Waals surface area contributed by atoms with Crippen molar-refractivity contribution in [3.63, 3.8) is 0 Å². The Bertz CT molecular complexity index is 2400. The van der Waals surface area contributed by atoms with E-state index in [4.69, 9.17) is 9.73 Å². The van der Waals surface area contributed by atoms with Crippen molar-refractivity contribution < 1.29 is 9.53 Å². The lowest BCUT2D eigenvalue weighted by atomic mass is 9.93. The molecule has 50 heavy (non-hydrogen) atoms. The zero-order valence-electron chi connectivity index (χ0n) is 28.9. The third-order valence-corrected chi connectivity index (χ3v) is 10.1. The van der Waals surface area contributed by atoms with E-state index < -0.39 is 12.0 Å². The van der Waals surface area contributed by atoms with E-state index in [0.29, 0.717) is 26.5 Å². The normalized spacial score (nSPS) is 14.5. The van der Waals surface area contributed by atoms with E-state index in [1.165, 1.54) is 22.5 Å². The zero-order chi connectivity index (χ0) is 34.9. The number of carbonyl (C=O) groups excluding carboxylic acids is 1. The van der Waals surface area contributed by atoms with Crippen molar-refractivity contribution in [3.05, 3.63) is 168 Å². The summed E-state index contributed by atoms with van der Waals surface area (Å²) in [4.78, 5) is 33.4. The van der Waals surface area contributed by atoms with Crippen LogP contribution in [0.1, 0.15) is 61.9 Å². The predicted molar refractivity (Wildman–Crippen MR) is 202 cm³/mol. The van der Waals surface area contributed by atoms with E-state index in [1.54, 1.807) is 11.5 Å². The van der Waals surface area contributed by atoms with E-state index in [-0.39, 0.29) is 12.2 Å². The minimum atomic E-state index is -0.667. The Labute approximate surface area is 296 Å². The van der Waals surface area contributed by atoms with Crippen molar-refractivity contribution in [1.82, 2.24) is 9.13 Å². The third-order valence-electron chi connectivity index (χ3n) is 9.16. The summed E-state index contributed by atoms with van der Waals surface area (Å²) >= 11 is 1.34. The van der Waals surface area contributed by atoms with Gasteiger partial charge in [0.15, 0.2) is 4.80 Å². The molecule has 1 aliphatic rings. The number of benzene rings is 4. The molecule has 7 rings (SSSR count). The summed E-state index contributed by atoms with van der Waals surface area (Å²) in [6, 6.07) is 38.7. The molecule has 0 fully saturated rings. The molecule has 1 aliphatic heterocycles. The predicted octanol–water partition coefficient (Wildman–Crippen LogP) is 8.35. The second kappa shape index (κ2) is 13.8. The van der Waals surface area contributed by atoms with Crippen LogP contribution in [0.2, 0.25) is 0 Å². The van der Waals surface area contributed by atoms with Gasteiger partial charge in [0.1, 0.15) is 0 Å². The number of allylic oxidation sites excluding steroid dienone is 1. The fourth-order valence-electron chi connectivity index (χ4n) is 6.63. The van der Waals surface area contributed by atoms with Crippen LogP contribution in [0.3, 0.4) is 0 Å². The van der Waals surface area contributed by atoms with E-state index >= 15 is 0 Å². The first-order chi connectivity index (χ1) is 24.2. The quantitative estimate of drug-likeness (QED) is 0.152. The molecule has 0 N–H and O–H groups in total. The van der Waals surface area contributed by atoms with Crippen molar-refractivity contribution in [2.75, 3.05) is 6.61 Å². The van der Waals surface area contributed by atoms with Crippen molar-refractivity contribution in [3.8, 4) is 28.2 Å². The maximum atomic E-state index is 14.6. The van der Waals surface area contributed by atoms with Crippen molar-refractivity contribution in [2.45, 2.75) is 46.6 Å². The highest BCUT2D eigenvalue weighted by Gasteiger charge is 2.33. The van der Waals surface area contributed by atoms with Crippen LogP contribution in [0, 0.1) is 6.92 Å². The Morgan fingerprint density at radius 3 is 2.14 bits per heavy atom. The van der Waals surface area contributed by atoms with Crippen LogP contribution in [-0.4, -0.2) is 21.7 Å². The van der Waals surface area contributed by atoms with Crippen molar-refractivity contribution >= 4 is 23.4 Å². The lowest BCUT2D eigenvalue weighted by Crippen LogP contribution is -2.39. The number of aromatic nitrogens is 2. The zero-order valence-corrected chi connectivity index (χ0v) is 29.7. The molecular weight excluding hydrogens is 639 g/mol. The summed E-state index contributed by atoms with van der Waals surface area (Å²) in [6.07, 6.45) is 1.98. The molecule has 3 heterocycles. The largest absolute Gasteiger partial charge is 0.463 e. The molecule has 0 amide bonds. The average molecular weight is 678 g/mol. The standard InChI is InChI=1S/C43H39N3O3S/c1-6-49-42(48)38-29(5)44-43-46(40(38)33-21-19-30(20-22-33)27(2)3)41(47)37(50-43)26-34-25-36(31-13-9-7-10-14-31)45(35-23-17-28(4)18-24-35)39(34)32-15-11-8-12-16-32/h7-27,40H,6H2,1-5H3/b37-26-/t40-/m0/s1. The van der Waals surface area contributed by atoms with Gasteiger partial charge in [-0.25, -0.2) is 9.79 Å². The van der Waals surface area contributed by atoms with Gasteiger partial charge in [-0.15, -0.1) is 0 Å². The van der Waals surface area contributed by atoms with E-state index in [9.17, 15) is 9.59 Å². The molecule has 0 radical (unpaired) electrons. The lowest BCUT2D eigenvalue weighted by molar-refractivity contribution is -0.139. The maximum absolute atomic E-state index is 14.6. The molecule has 0 saturated carbocycles. The van der Waals surface area contributed by atoms with Gasteiger partial charge in [-0.05, 0) is 73.2 Å². The molecule has 6 aromatic rings. The Morgan fingerprint density at radius 2 is 1.52 bits per heavy atom.